The van der Waals surface area contributed by atoms with Crippen LogP contribution in [0.15, 0.2) is 55.1 Å². The highest BCUT2D eigenvalue weighted by Crippen LogP contribution is 2.19. The lowest BCUT2D eigenvalue weighted by atomic mass is 10.0. The van der Waals surface area contributed by atoms with Crippen LogP contribution in [0.25, 0.3) is 10.8 Å². The summed E-state index contributed by atoms with van der Waals surface area (Å²) in [6.45, 7) is 3.96. The second-order valence-electron chi connectivity index (χ2n) is 5.11. The number of esters is 2. The highest BCUT2D eigenvalue weighted by molar-refractivity contribution is 5.88. The largest absolute Gasteiger partial charge is 0.465 e. The number of unbranched alkanes of at least 4 members (excludes halogenated alkanes) is 1. The molecule has 2 aromatic carbocycles. The van der Waals surface area contributed by atoms with Crippen LogP contribution in [0, 0.1) is 0 Å². The van der Waals surface area contributed by atoms with Crippen molar-refractivity contribution in [3.8, 4) is 0 Å². The van der Waals surface area contributed by atoms with Gasteiger partial charge in [-0.2, -0.15) is 0 Å². The second-order valence-corrected chi connectivity index (χ2v) is 5.11. The van der Waals surface area contributed by atoms with Crippen LogP contribution in [-0.2, 0) is 25.5 Å². The predicted molar refractivity (Wildman–Crippen MR) is 89.0 cm³/mol. The van der Waals surface area contributed by atoms with Crippen molar-refractivity contribution in [2.24, 2.45) is 0 Å². The quantitative estimate of drug-likeness (QED) is 0.426. The Kier molecular flexibility index (Phi) is 6.36. The summed E-state index contributed by atoms with van der Waals surface area (Å²) in [5.41, 5.74) is 0.966. The van der Waals surface area contributed by atoms with Crippen molar-refractivity contribution in [1.29, 1.82) is 0 Å². The molecule has 4 nitrogen and oxygen atoms in total. The van der Waals surface area contributed by atoms with Gasteiger partial charge in [-0.3, -0.25) is 4.79 Å². The summed E-state index contributed by atoms with van der Waals surface area (Å²) in [7, 11) is 0. The monoisotopic (exact) mass is 312 g/mol. The van der Waals surface area contributed by atoms with E-state index in [1.165, 1.54) is 0 Å². The van der Waals surface area contributed by atoms with Gasteiger partial charge in [0.05, 0.1) is 19.6 Å². The molecule has 0 aliphatic heterocycles. The third-order valence-corrected chi connectivity index (χ3v) is 3.43. The molecule has 120 valence electrons. The van der Waals surface area contributed by atoms with Crippen LogP contribution < -0.4 is 0 Å². The van der Waals surface area contributed by atoms with E-state index < -0.39 is 5.97 Å². The van der Waals surface area contributed by atoms with E-state index in [4.69, 9.17) is 9.47 Å². The molecule has 0 unspecified atom stereocenters. The van der Waals surface area contributed by atoms with Crippen LogP contribution in [0.2, 0.25) is 0 Å². The van der Waals surface area contributed by atoms with Crippen molar-refractivity contribution in [2.75, 3.05) is 13.2 Å². The topological polar surface area (TPSA) is 52.6 Å². The first-order valence-electron chi connectivity index (χ1n) is 7.62. The third kappa shape index (κ3) is 5.25. The van der Waals surface area contributed by atoms with Gasteiger partial charge in [0.15, 0.2) is 0 Å². The average molecular weight is 312 g/mol. The van der Waals surface area contributed by atoms with Crippen molar-refractivity contribution in [3.05, 3.63) is 60.7 Å². The van der Waals surface area contributed by atoms with E-state index in [0.29, 0.717) is 26.1 Å². The van der Waals surface area contributed by atoms with Gasteiger partial charge < -0.3 is 9.47 Å². The normalized spacial score (nSPS) is 10.3. The first-order valence-corrected chi connectivity index (χ1v) is 7.62. The Morgan fingerprint density at radius 3 is 2.43 bits per heavy atom. The number of hydrogen-bond acceptors (Lipinski definition) is 4. The number of rotatable bonds is 8. The minimum Gasteiger partial charge on any atom is -0.465 e. The number of benzene rings is 2. The highest BCUT2D eigenvalue weighted by atomic mass is 16.5. The minimum absolute atomic E-state index is 0.246. The number of ether oxygens (including phenoxy) is 2. The summed E-state index contributed by atoms with van der Waals surface area (Å²) >= 11 is 0. The van der Waals surface area contributed by atoms with E-state index in [0.717, 1.165) is 22.4 Å². The molecule has 0 fully saturated rings. The van der Waals surface area contributed by atoms with Gasteiger partial charge in [0.2, 0.25) is 0 Å². The van der Waals surface area contributed by atoms with Gasteiger partial charge in [-0.1, -0.05) is 49.0 Å². The molecule has 0 spiro atoms. The van der Waals surface area contributed by atoms with Gasteiger partial charge in [-0.25, -0.2) is 4.79 Å². The van der Waals surface area contributed by atoms with E-state index in [-0.39, 0.29) is 12.4 Å². The Bertz CT molecular complexity index is 685. The molecule has 0 aliphatic carbocycles. The van der Waals surface area contributed by atoms with Crippen molar-refractivity contribution in [1.82, 2.24) is 0 Å². The fraction of sp³-hybridized carbons (Fsp3) is 0.263. The van der Waals surface area contributed by atoms with Crippen molar-refractivity contribution in [2.45, 2.75) is 19.3 Å². The van der Waals surface area contributed by atoms with E-state index in [1.807, 2.05) is 42.5 Å². The first-order chi connectivity index (χ1) is 11.2. The van der Waals surface area contributed by atoms with Gasteiger partial charge in [0.25, 0.3) is 0 Å². The maximum absolute atomic E-state index is 11.9. The zero-order chi connectivity index (χ0) is 16.5. The van der Waals surface area contributed by atoms with Crippen LogP contribution >= 0.6 is 0 Å². The van der Waals surface area contributed by atoms with E-state index >= 15 is 0 Å². The number of fused-ring (bicyclic) bond motifs is 1. The molecule has 23 heavy (non-hydrogen) atoms. The molecule has 0 heterocycles. The number of hydrogen-bond donors (Lipinski definition) is 0. The molecule has 0 aromatic heterocycles. The summed E-state index contributed by atoms with van der Waals surface area (Å²) < 4.78 is 10.1. The number of carbonyl (C=O) groups excluding carboxylic acids is 2. The van der Waals surface area contributed by atoms with Gasteiger partial charge in [-0.15, -0.1) is 0 Å². The van der Waals surface area contributed by atoms with Gasteiger partial charge in [0, 0.05) is 6.08 Å². The van der Waals surface area contributed by atoms with Crippen LogP contribution in [0.1, 0.15) is 18.4 Å². The lowest BCUT2D eigenvalue weighted by Crippen LogP contribution is -2.10. The zero-order valence-electron chi connectivity index (χ0n) is 13.0. The molecule has 0 N–H and O–H groups in total. The highest BCUT2D eigenvalue weighted by Gasteiger charge is 2.08. The fourth-order valence-electron chi connectivity index (χ4n) is 2.27. The summed E-state index contributed by atoms with van der Waals surface area (Å²) in [6, 6.07) is 13.9. The number of carbonyl (C=O) groups is 2. The Morgan fingerprint density at radius 2 is 1.65 bits per heavy atom. The third-order valence-electron chi connectivity index (χ3n) is 3.43. The molecular weight excluding hydrogens is 292 g/mol. The Morgan fingerprint density at radius 1 is 0.957 bits per heavy atom. The van der Waals surface area contributed by atoms with Gasteiger partial charge in [-0.05, 0) is 29.2 Å². The molecule has 0 aliphatic rings. The standard InChI is InChI=1S/C19H20O4/c1-2-18(20)22-12-5-6-13-23-19(21)14-16-10-7-9-15-8-3-4-11-17(15)16/h2-4,7-11H,1,5-6,12-14H2. The molecule has 0 bridgehead atoms. The molecule has 4 heteroatoms. The van der Waals surface area contributed by atoms with Crippen LogP contribution in [0.3, 0.4) is 0 Å². The van der Waals surface area contributed by atoms with Crippen LogP contribution in [-0.4, -0.2) is 25.2 Å². The summed E-state index contributed by atoms with van der Waals surface area (Å²) in [5, 5.41) is 2.19. The first kappa shape index (κ1) is 16.7. The lowest BCUT2D eigenvalue weighted by Gasteiger charge is -2.07. The van der Waals surface area contributed by atoms with Crippen molar-refractivity contribution >= 4 is 22.7 Å². The van der Waals surface area contributed by atoms with Gasteiger partial charge >= 0.3 is 11.9 Å². The molecule has 0 amide bonds. The van der Waals surface area contributed by atoms with Gasteiger partial charge in [0.1, 0.15) is 0 Å². The van der Waals surface area contributed by atoms with Crippen LogP contribution in [0.5, 0.6) is 0 Å². The molecule has 0 atom stereocenters. The summed E-state index contributed by atoms with van der Waals surface area (Å²) in [4.78, 5) is 22.8. The SMILES string of the molecule is C=CC(=O)OCCCCOC(=O)Cc1cccc2ccccc12. The van der Waals surface area contributed by atoms with E-state index in [2.05, 4.69) is 6.58 Å². The second kappa shape index (κ2) is 8.73. The van der Waals surface area contributed by atoms with E-state index in [9.17, 15) is 9.59 Å². The Labute approximate surface area is 135 Å². The molecular formula is C19H20O4. The van der Waals surface area contributed by atoms with E-state index in [1.54, 1.807) is 0 Å². The summed E-state index contributed by atoms with van der Waals surface area (Å²) in [6.07, 6.45) is 2.70. The van der Waals surface area contributed by atoms with Crippen LogP contribution in [0.4, 0.5) is 0 Å². The lowest BCUT2D eigenvalue weighted by molar-refractivity contribution is -0.143. The predicted octanol–water partition coefficient (Wildman–Crippen LogP) is 3.43. The smallest absolute Gasteiger partial charge is 0.330 e. The molecule has 0 saturated carbocycles. The molecule has 2 aromatic rings. The average Bonchev–Trinajstić information content (AvgIpc) is 2.58. The minimum atomic E-state index is -0.432. The Balaban J connectivity index is 1.74. The zero-order valence-corrected chi connectivity index (χ0v) is 13.0. The van der Waals surface area contributed by atoms with Crippen molar-refractivity contribution < 1.29 is 19.1 Å². The molecule has 0 saturated heterocycles. The Hall–Kier alpha value is -2.62. The van der Waals surface area contributed by atoms with Crippen molar-refractivity contribution in [3.63, 3.8) is 0 Å². The summed E-state index contributed by atoms with van der Waals surface area (Å²) in [5.74, 6) is -0.678. The molecule has 2 rings (SSSR count). The maximum Gasteiger partial charge on any atom is 0.330 e. The molecule has 0 radical (unpaired) electrons. The maximum atomic E-state index is 11.9. The fourth-order valence-corrected chi connectivity index (χ4v) is 2.27.